The largest absolute Gasteiger partial charge is 0.328 e. The van der Waals surface area contributed by atoms with Gasteiger partial charge in [0.25, 0.3) is 0 Å². The molecular formula is C15H18N4S. The maximum absolute atomic E-state index is 5.46. The lowest BCUT2D eigenvalue weighted by Gasteiger charge is -2.06. The number of fused-ring (bicyclic) bond motifs is 1. The first-order valence-electron chi connectivity index (χ1n) is 6.90. The van der Waals surface area contributed by atoms with Crippen molar-refractivity contribution < 1.29 is 0 Å². The fourth-order valence-corrected chi connectivity index (χ4v) is 2.85. The van der Waals surface area contributed by atoms with Gasteiger partial charge >= 0.3 is 0 Å². The molecule has 3 aromatic rings. The summed E-state index contributed by atoms with van der Waals surface area (Å²) in [5.74, 6) is 0. The fourth-order valence-electron chi connectivity index (χ4n) is 2.57. The number of nitrogens with zero attached hydrogens (tertiary/aromatic N) is 3. The number of aromatic amines is 1. The number of aryl methyl sites for hydroxylation is 4. The summed E-state index contributed by atoms with van der Waals surface area (Å²) in [6, 6.07) is 10.5. The van der Waals surface area contributed by atoms with E-state index in [-0.39, 0.29) is 0 Å². The minimum atomic E-state index is 0.777. The number of aromatic nitrogens is 4. The Morgan fingerprint density at radius 3 is 2.70 bits per heavy atom. The smallest absolute Gasteiger partial charge is 0.179 e. The maximum atomic E-state index is 5.46. The van der Waals surface area contributed by atoms with Gasteiger partial charge in [-0.3, -0.25) is 0 Å². The van der Waals surface area contributed by atoms with Gasteiger partial charge in [-0.25, -0.2) is 4.68 Å². The van der Waals surface area contributed by atoms with Crippen LogP contribution in [0.3, 0.4) is 0 Å². The van der Waals surface area contributed by atoms with Gasteiger partial charge in [-0.15, -0.1) is 0 Å². The third kappa shape index (κ3) is 2.18. The zero-order valence-corrected chi connectivity index (χ0v) is 12.6. The molecule has 0 saturated carbocycles. The van der Waals surface area contributed by atoms with Crippen LogP contribution in [0.5, 0.6) is 0 Å². The highest BCUT2D eigenvalue weighted by molar-refractivity contribution is 7.71. The average molecular weight is 286 g/mol. The molecule has 0 atom stereocenters. The van der Waals surface area contributed by atoms with Gasteiger partial charge in [-0.2, -0.15) is 5.10 Å². The molecule has 0 spiro atoms. The lowest BCUT2D eigenvalue weighted by atomic mass is 10.1. The van der Waals surface area contributed by atoms with Gasteiger partial charge in [0.2, 0.25) is 0 Å². The van der Waals surface area contributed by atoms with Crippen molar-refractivity contribution in [3.63, 3.8) is 0 Å². The average Bonchev–Trinajstić information content (AvgIpc) is 2.95. The Labute approximate surface area is 123 Å². The lowest BCUT2D eigenvalue weighted by molar-refractivity contribution is 0.623. The minimum absolute atomic E-state index is 0.777. The van der Waals surface area contributed by atoms with Gasteiger partial charge in [0.1, 0.15) is 5.52 Å². The number of hydrogen-bond acceptors (Lipinski definition) is 2. The number of benzene rings is 1. The van der Waals surface area contributed by atoms with Crippen molar-refractivity contribution in [2.45, 2.75) is 33.4 Å². The second-order valence-corrected chi connectivity index (χ2v) is 5.30. The van der Waals surface area contributed by atoms with Crippen LogP contribution in [0.4, 0.5) is 0 Å². The van der Waals surface area contributed by atoms with Gasteiger partial charge in [0, 0.05) is 13.1 Å². The third-order valence-corrected chi connectivity index (χ3v) is 3.92. The van der Waals surface area contributed by atoms with E-state index < -0.39 is 0 Å². The third-order valence-electron chi connectivity index (χ3n) is 3.60. The Morgan fingerprint density at radius 2 is 2.00 bits per heavy atom. The summed E-state index contributed by atoms with van der Waals surface area (Å²) in [5, 5.41) is 4.54. The van der Waals surface area contributed by atoms with E-state index >= 15 is 0 Å². The SMILES string of the molecule is CCn1nc(C)c2[nH]c(=S)n(CCc3ccccc3)c21. The van der Waals surface area contributed by atoms with E-state index in [4.69, 9.17) is 12.2 Å². The van der Waals surface area contributed by atoms with E-state index in [2.05, 4.69) is 45.8 Å². The molecule has 0 saturated heterocycles. The summed E-state index contributed by atoms with van der Waals surface area (Å²) < 4.78 is 4.95. The molecule has 1 N–H and O–H groups in total. The Bertz CT molecular complexity index is 779. The van der Waals surface area contributed by atoms with Gasteiger partial charge in [-0.1, -0.05) is 30.3 Å². The van der Waals surface area contributed by atoms with Crippen LogP contribution >= 0.6 is 12.2 Å². The molecular weight excluding hydrogens is 268 g/mol. The predicted molar refractivity (Wildman–Crippen MR) is 83.5 cm³/mol. The minimum Gasteiger partial charge on any atom is -0.328 e. The Kier molecular flexibility index (Phi) is 3.44. The monoisotopic (exact) mass is 286 g/mol. The van der Waals surface area contributed by atoms with Crippen LogP contribution in [0.1, 0.15) is 18.2 Å². The van der Waals surface area contributed by atoms with Crippen LogP contribution in [0, 0.1) is 11.7 Å². The highest BCUT2D eigenvalue weighted by atomic mass is 32.1. The number of nitrogens with one attached hydrogen (secondary N) is 1. The molecule has 20 heavy (non-hydrogen) atoms. The van der Waals surface area contributed by atoms with Crippen molar-refractivity contribution in [3.05, 3.63) is 46.4 Å². The van der Waals surface area contributed by atoms with Gasteiger partial charge in [-0.05, 0) is 38.0 Å². The molecule has 2 aromatic heterocycles. The highest BCUT2D eigenvalue weighted by Gasteiger charge is 2.13. The van der Waals surface area contributed by atoms with Crippen LogP contribution in [0.15, 0.2) is 30.3 Å². The molecule has 0 aliphatic heterocycles. The standard InChI is InChI=1S/C15H18N4S/c1-3-19-14-13(11(2)17-19)16-15(20)18(14)10-9-12-7-5-4-6-8-12/h4-8H,3,9-10H2,1-2H3,(H,16,20). The quantitative estimate of drug-likeness (QED) is 0.746. The molecule has 0 amide bonds. The molecule has 0 radical (unpaired) electrons. The van der Waals surface area contributed by atoms with Crippen LogP contribution in [-0.2, 0) is 19.5 Å². The van der Waals surface area contributed by atoms with Crippen LogP contribution in [0.25, 0.3) is 11.2 Å². The topological polar surface area (TPSA) is 38.5 Å². The van der Waals surface area contributed by atoms with Crippen LogP contribution < -0.4 is 0 Å². The zero-order chi connectivity index (χ0) is 14.1. The van der Waals surface area contributed by atoms with E-state index in [1.807, 2.05) is 17.7 Å². The first kappa shape index (κ1) is 13.1. The summed E-state index contributed by atoms with van der Waals surface area (Å²) >= 11 is 5.46. The van der Waals surface area contributed by atoms with Crippen molar-refractivity contribution >= 4 is 23.4 Å². The summed E-state index contributed by atoms with van der Waals surface area (Å²) in [5.41, 5.74) is 4.49. The van der Waals surface area contributed by atoms with E-state index in [0.29, 0.717) is 0 Å². The van der Waals surface area contributed by atoms with Crippen molar-refractivity contribution in [1.29, 1.82) is 0 Å². The summed E-state index contributed by atoms with van der Waals surface area (Å²) in [4.78, 5) is 3.28. The van der Waals surface area contributed by atoms with Gasteiger partial charge in [0.05, 0.1) is 5.69 Å². The first-order valence-corrected chi connectivity index (χ1v) is 7.31. The molecule has 5 heteroatoms. The van der Waals surface area contributed by atoms with E-state index in [1.165, 1.54) is 5.56 Å². The van der Waals surface area contributed by atoms with Crippen LogP contribution in [-0.4, -0.2) is 19.3 Å². The molecule has 104 valence electrons. The number of hydrogen-bond donors (Lipinski definition) is 1. The summed E-state index contributed by atoms with van der Waals surface area (Å²) in [6.45, 7) is 5.83. The normalized spacial score (nSPS) is 11.3. The number of rotatable bonds is 4. The van der Waals surface area contributed by atoms with Crippen molar-refractivity contribution in [2.24, 2.45) is 0 Å². The van der Waals surface area contributed by atoms with Crippen molar-refractivity contribution in [1.82, 2.24) is 19.3 Å². The van der Waals surface area contributed by atoms with Gasteiger partial charge < -0.3 is 9.55 Å². The van der Waals surface area contributed by atoms with E-state index in [1.54, 1.807) is 0 Å². The summed E-state index contributed by atoms with van der Waals surface area (Å²) in [7, 11) is 0. The van der Waals surface area contributed by atoms with Gasteiger partial charge in [0.15, 0.2) is 10.4 Å². The molecule has 0 aliphatic carbocycles. The zero-order valence-electron chi connectivity index (χ0n) is 11.8. The molecule has 0 fully saturated rings. The highest BCUT2D eigenvalue weighted by Crippen LogP contribution is 2.18. The predicted octanol–water partition coefficient (Wildman–Crippen LogP) is 3.47. The summed E-state index contributed by atoms with van der Waals surface area (Å²) in [6.07, 6.45) is 0.968. The Balaban J connectivity index is 1.99. The van der Waals surface area contributed by atoms with E-state index in [9.17, 15) is 0 Å². The molecule has 3 rings (SSSR count). The molecule has 4 nitrogen and oxygen atoms in total. The second kappa shape index (κ2) is 5.25. The van der Waals surface area contributed by atoms with Crippen molar-refractivity contribution in [3.8, 4) is 0 Å². The molecule has 0 aliphatic rings. The van der Waals surface area contributed by atoms with Crippen molar-refractivity contribution in [2.75, 3.05) is 0 Å². The molecule has 0 bridgehead atoms. The number of H-pyrrole nitrogens is 1. The second-order valence-electron chi connectivity index (χ2n) is 4.92. The molecule has 2 heterocycles. The Hall–Kier alpha value is -1.88. The van der Waals surface area contributed by atoms with Crippen LogP contribution in [0.2, 0.25) is 0 Å². The fraction of sp³-hybridized carbons (Fsp3) is 0.333. The lowest BCUT2D eigenvalue weighted by Crippen LogP contribution is -2.07. The molecule has 0 unspecified atom stereocenters. The Morgan fingerprint density at radius 1 is 1.25 bits per heavy atom. The van der Waals surface area contributed by atoms with E-state index in [0.717, 1.165) is 41.1 Å². The first-order chi connectivity index (χ1) is 9.70. The number of imidazole rings is 1. The maximum Gasteiger partial charge on any atom is 0.179 e. The molecule has 1 aromatic carbocycles.